The summed E-state index contributed by atoms with van der Waals surface area (Å²) in [5.41, 5.74) is 1.76. The van der Waals surface area contributed by atoms with Gasteiger partial charge in [0, 0.05) is 21.8 Å². The van der Waals surface area contributed by atoms with Crippen molar-refractivity contribution in [1.82, 2.24) is 0 Å². The Morgan fingerprint density at radius 3 is 2.55 bits per heavy atom. The average molecular weight is 407 g/mol. The SMILES string of the molecule is O=C1COc2ccc(C(=O)c3ccccc3C(=O)Nc3cccc(Cl)c3)cc2N1. The van der Waals surface area contributed by atoms with Gasteiger partial charge in [0.2, 0.25) is 0 Å². The van der Waals surface area contributed by atoms with Crippen LogP contribution in [0, 0.1) is 0 Å². The van der Waals surface area contributed by atoms with Crippen LogP contribution in [-0.2, 0) is 4.79 Å². The summed E-state index contributed by atoms with van der Waals surface area (Å²) in [5, 5.41) is 5.91. The van der Waals surface area contributed by atoms with Crippen molar-refractivity contribution in [3.63, 3.8) is 0 Å². The molecule has 2 N–H and O–H groups in total. The minimum Gasteiger partial charge on any atom is -0.482 e. The number of ether oxygens (including phenoxy) is 1. The standard InChI is InChI=1S/C22H15ClN2O4/c23-14-4-3-5-15(11-14)24-22(28)17-7-2-1-6-16(17)21(27)13-8-9-19-18(10-13)25-20(26)12-29-19/h1-11H,12H2,(H,24,28)(H,25,26). The minimum atomic E-state index is -0.425. The molecule has 4 rings (SSSR count). The van der Waals surface area contributed by atoms with Crippen molar-refractivity contribution < 1.29 is 19.1 Å². The zero-order valence-corrected chi connectivity index (χ0v) is 15.8. The van der Waals surface area contributed by atoms with Gasteiger partial charge < -0.3 is 15.4 Å². The quantitative estimate of drug-likeness (QED) is 0.637. The molecule has 2 amide bonds. The van der Waals surface area contributed by atoms with Crippen molar-refractivity contribution in [2.45, 2.75) is 0 Å². The molecule has 6 nitrogen and oxygen atoms in total. The lowest BCUT2D eigenvalue weighted by Crippen LogP contribution is -2.25. The van der Waals surface area contributed by atoms with Crippen LogP contribution in [0.1, 0.15) is 26.3 Å². The predicted molar refractivity (Wildman–Crippen MR) is 110 cm³/mol. The van der Waals surface area contributed by atoms with Gasteiger partial charge in [-0.15, -0.1) is 0 Å². The van der Waals surface area contributed by atoms with E-state index in [-0.39, 0.29) is 29.4 Å². The number of halogens is 1. The Bertz CT molecular complexity index is 1140. The van der Waals surface area contributed by atoms with Crippen LogP contribution in [0.4, 0.5) is 11.4 Å². The van der Waals surface area contributed by atoms with Crippen LogP contribution in [-0.4, -0.2) is 24.2 Å². The van der Waals surface area contributed by atoms with E-state index in [1.165, 1.54) is 0 Å². The zero-order valence-electron chi connectivity index (χ0n) is 15.1. The number of rotatable bonds is 4. The zero-order chi connectivity index (χ0) is 20.4. The second-order valence-corrected chi connectivity index (χ2v) is 6.82. The highest BCUT2D eigenvalue weighted by atomic mass is 35.5. The summed E-state index contributed by atoms with van der Waals surface area (Å²) in [6.07, 6.45) is 0. The Kier molecular flexibility index (Phi) is 5.01. The van der Waals surface area contributed by atoms with E-state index in [1.807, 2.05) is 0 Å². The molecule has 1 heterocycles. The Morgan fingerprint density at radius 1 is 0.966 bits per heavy atom. The smallest absolute Gasteiger partial charge is 0.262 e. The van der Waals surface area contributed by atoms with Crippen LogP contribution in [0.15, 0.2) is 66.7 Å². The summed E-state index contributed by atoms with van der Waals surface area (Å²) in [5.74, 6) is -0.563. The molecule has 0 aliphatic carbocycles. The number of nitrogens with one attached hydrogen (secondary N) is 2. The highest BCUT2D eigenvalue weighted by Gasteiger charge is 2.21. The third-order valence-electron chi connectivity index (χ3n) is 4.37. The topological polar surface area (TPSA) is 84.5 Å². The van der Waals surface area contributed by atoms with Gasteiger partial charge in [-0.25, -0.2) is 0 Å². The lowest BCUT2D eigenvalue weighted by Gasteiger charge is -2.18. The number of anilines is 2. The summed E-state index contributed by atoms with van der Waals surface area (Å²) in [4.78, 5) is 37.4. The molecule has 29 heavy (non-hydrogen) atoms. The number of carbonyl (C=O) groups is 3. The van der Waals surface area contributed by atoms with Crippen LogP contribution >= 0.6 is 11.6 Å². The molecule has 0 unspecified atom stereocenters. The van der Waals surface area contributed by atoms with Gasteiger partial charge in [0.1, 0.15) is 5.75 Å². The molecule has 7 heteroatoms. The average Bonchev–Trinajstić information content (AvgIpc) is 2.72. The third-order valence-corrected chi connectivity index (χ3v) is 4.61. The maximum atomic E-state index is 13.1. The Labute approximate surface area is 171 Å². The Morgan fingerprint density at radius 2 is 1.76 bits per heavy atom. The Hall–Kier alpha value is -3.64. The summed E-state index contributed by atoms with van der Waals surface area (Å²) >= 11 is 5.96. The normalized spacial score (nSPS) is 12.4. The molecule has 3 aromatic carbocycles. The molecule has 0 atom stereocenters. The van der Waals surface area contributed by atoms with E-state index in [0.29, 0.717) is 27.7 Å². The first-order valence-electron chi connectivity index (χ1n) is 8.78. The van der Waals surface area contributed by atoms with Crippen molar-refractivity contribution in [2.75, 3.05) is 17.2 Å². The molecule has 1 aliphatic heterocycles. The molecule has 0 bridgehead atoms. The lowest BCUT2D eigenvalue weighted by molar-refractivity contribution is -0.118. The van der Waals surface area contributed by atoms with Gasteiger partial charge in [0.15, 0.2) is 12.4 Å². The molecule has 3 aromatic rings. The maximum absolute atomic E-state index is 13.1. The molecule has 1 aliphatic rings. The summed E-state index contributed by atoms with van der Waals surface area (Å²) in [7, 11) is 0. The van der Waals surface area contributed by atoms with Crippen molar-refractivity contribution in [3.05, 3.63) is 88.4 Å². The largest absolute Gasteiger partial charge is 0.482 e. The van der Waals surface area contributed by atoms with E-state index < -0.39 is 5.91 Å². The van der Waals surface area contributed by atoms with Crippen molar-refractivity contribution >= 4 is 40.6 Å². The summed E-state index contributed by atoms with van der Waals surface area (Å²) < 4.78 is 5.32. The van der Waals surface area contributed by atoms with E-state index in [4.69, 9.17) is 16.3 Å². The second kappa shape index (κ2) is 7.77. The van der Waals surface area contributed by atoms with Gasteiger partial charge in [-0.3, -0.25) is 14.4 Å². The predicted octanol–water partition coefficient (Wildman–Crippen LogP) is 4.15. The highest BCUT2D eigenvalue weighted by Crippen LogP contribution is 2.29. The van der Waals surface area contributed by atoms with E-state index in [0.717, 1.165) is 0 Å². The number of carbonyl (C=O) groups excluding carboxylic acids is 3. The lowest BCUT2D eigenvalue weighted by atomic mass is 9.97. The monoisotopic (exact) mass is 406 g/mol. The number of amides is 2. The molecule has 0 saturated carbocycles. The van der Waals surface area contributed by atoms with Crippen LogP contribution in [0.25, 0.3) is 0 Å². The molecule has 0 saturated heterocycles. The fourth-order valence-corrected chi connectivity index (χ4v) is 3.21. The van der Waals surface area contributed by atoms with Crippen molar-refractivity contribution in [2.24, 2.45) is 0 Å². The molecular weight excluding hydrogens is 392 g/mol. The Balaban J connectivity index is 1.64. The first kappa shape index (κ1) is 18.7. The maximum Gasteiger partial charge on any atom is 0.262 e. The van der Waals surface area contributed by atoms with Gasteiger partial charge in [-0.05, 0) is 42.5 Å². The molecule has 0 spiro atoms. The third kappa shape index (κ3) is 3.97. The number of fused-ring (bicyclic) bond motifs is 1. The van der Waals surface area contributed by atoms with Gasteiger partial charge in [-0.1, -0.05) is 35.9 Å². The summed E-state index contributed by atoms with van der Waals surface area (Å²) in [6.45, 7) is -0.0627. The first-order valence-corrected chi connectivity index (χ1v) is 9.16. The van der Waals surface area contributed by atoms with Gasteiger partial charge in [0.05, 0.1) is 11.3 Å². The second-order valence-electron chi connectivity index (χ2n) is 6.39. The fraction of sp³-hybridized carbons (Fsp3) is 0.0455. The van der Waals surface area contributed by atoms with Gasteiger partial charge >= 0.3 is 0 Å². The number of hydrogen-bond donors (Lipinski definition) is 2. The van der Waals surface area contributed by atoms with Crippen LogP contribution in [0.5, 0.6) is 5.75 Å². The fourth-order valence-electron chi connectivity index (χ4n) is 3.02. The van der Waals surface area contributed by atoms with Crippen molar-refractivity contribution in [1.29, 1.82) is 0 Å². The molecule has 144 valence electrons. The van der Waals surface area contributed by atoms with E-state index in [9.17, 15) is 14.4 Å². The molecule has 0 fully saturated rings. The van der Waals surface area contributed by atoms with Crippen LogP contribution in [0.2, 0.25) is 5.02 Å². The highest BCUT2D eigenvalue weighted by molar-refractivity contribution is 6.31. The van der Waals surface area contributed by atoms with Crippen LogP contribution in [0.3, 0.4) is 0 Å². The molecule has 0 aromatic heterocycles. The van der Waals surface area contributed by atoms with Crippen LogP contribution < -0.4 is 15.4 Å². The molecule has 0 radical (unpaired) electrons. The minimum absolute atomic E-state index is 0.0627. The number of hydrogen-bond acceptors (Lipinski definition) is 4. The van der Waals surface area contributed by atoms with Gasteiger partial charge in [0.25, 0.3) is 11.8 Å². The van der Waals surface area contributed by atoms with E-state index in [2.05, 4.69) is 10.6 Å². The van der Waals surface area contributed by atoms with Gasteiger partial charge in [-0.2, -0.15) is 0 Å². The van der Waals surface area contributed by atoms with Crippen molar-refractivity contribution in [3.8, 4) is 5.75 Å². The first-order chi connectivity index (χ1) is 14.0. The summed E-state index contributed by atoms with van der Waals surface area (Å²) in [6, 6.07) is 18.1. The van der Waals surface area contributed by atoms with E-state index >= 15 is 0 Å². The number of ketones is 1. The van der Waals surface area contributed by atoms with E-state index in [1.54, 1.807) is 66.7 Å². The number of benzene rings is 3. The molecular formula is C22H15ClN2O4.